The van der Waals surface area contributed by atoms with E-state index in [1.54, 1.807) is 43.1 Å². The van der Waals surface area contributed by atoms with Crippen LogP contribution in [0.5, 0.6) is 5.75 Å². The quantitative estimate of drug-likeness (QED) is 0.705. The summed E-state index contributed by atoms with van der Waals surface area (Å²) in [7, 11) is 1.70. The molecule has 2 rings (SSSR count). The molecule has 0 saturated heterocycles. The average molecular weight is 388 g/mol. The zero-order chi connectivity index (χ0) is 19.8. The lowest BCUT2D eigenvalue weighted by Crippen LogP contribution is -2.40. The number of hydrogen-bond donors (Lipinski definition) is 2. The third kappa shape index (κ3) is 6.53. The first-order chi connectivity index (χ1) is 12.9. The van der Waals surface area contributed by atoms with Gasteiger partial charge in [0.2, 0.25) is 0 Å². The molecule has 2 N–H and O–H groups in total. The summed E-state index contributed by atoms with van der Waals surface area (Å²) >= 11 is 1.65. The Hall–Kier alpha value is -2.67. The van der Waals surface area contributed by atoms with Gasteiger partial charge in [0.25, 0.3) is 5.91 Å². The molecule has 0 spiro atoms. The van der Waals surface area contributed by atoms with Crippen LogP contribution in [0.2, 0.25) is 0 Å². The van der Waals surface area contributed by atoms with Gasteiger partial charge in [0.05, 0.1) is 0 Å². The molecule has 0 fully saturated rings. The lowest BCUT2D eigenvalue weighted by atomic mass is 10.3. The normalized spacial score (nSPS) is 10.4. The number of benzene rings is 2. The Morgan fingerprint density at radius 2 is 1.70 bits per heavy atom. The number of nitrogens with one attached hydrogen (secondary N) is 2. The number of urea groups is 1. The smallest absolute Gasteiger partial charge is 0.321 e. The topological polar surface area (TPSA) is 70.7 Å². The van der Waals surface area contributed by atoms with Crippen molar-refractivity contribution in [1.29, 1.82) is 0 Å². The number of carbonyl (C=O) groups excluding carboxylic acids is 2. The second-order valence-corrected chi connectivity index (χ2v) is 7.10. The van der Waals surface area contributed by atoms with Gasteiger partial charge in [-0.3, -0.25) is 9.69 Å². The molecule has 7 heteroatoms. The summed E-state index contributed by atoms with van der Waals surface area (Å²) in [6.45, 7) is 3.73. The van der Waals surface area contributed by atoms with Gasteiger partial charge in [-0.1, -0.05) is 0 Å². The summed E-state index contributed by atoms with van der Waals surface area (Å²) in [6.07, 6.45) is 2.00. The van der Waals surface area contributed by atoms with Crippen molar-refractivity contribution >= 4 is 35.1 Å². The second-order valence-electron chi connectivity index (χ2n) is 6.22. The number of rotatable bonds is 7. The predicted molar refractivity (Wildman–Crippen MR) is 111 cm³/mol. The van der Waals surface area contributed by atoms with E-state index in [9.17, 15) is 9.59 Å². The molecule has 0 radical (unpaired) electrons. The van der Waals surface area contributed by atoms with Crippen molar-refractivity contribution in [2.75, 3.05) is 30.1 Å². The number of thioether (sulfide) groups is 1. The van der Waals surface area contributed by atoms with Gasteiger partial charge in [0, 0.05) is 29.4 Å². The molecule has 2 aromatic rings. The molecule has 0 atom stereocenters. The van der Waals surface area contributed by atoms with Gasteiger partial charge in [0.15, 0.2) is 6.61 Å². The zero-order valence-electron chi connectivity index (χ0n) is 16.0. The van der Waals surface area contributed by atoms with Gasteiger partial charge >= 0.3 is 6.03 Å². The van der Waals surface area contributed by atoms with Crippen LogP contribution in [-0.4, -0.2) is 37.9 Å². The van der Waals surface area contributed by atoms with Crippen LogP contribution in [-0.2, 0) is 4.79 Å². The molecule has 3 amide bonds. The Balaban J connectivity index is 1.85. The van der Waals surface area contributed by atoms with Crippen LogP contribution in [0, 0.1) is 0 Å². The Labute approximate surface area is 164 Å². The van der Waals surface area contributed by atoms with E-state index in [0.717, 1.165) is 16.3 Å². The number of ether oxygens (including phenoxy) is 1. The van der Waals surface area contributed by atoms with Gasteiger partial charge in [0.1, 0.15) is 5.75 Å². The molecule has 0 aromatic heterocycles. The second kappa shape index (κ2) is 9.87. The van der Waals surface area contributed by atoms with Crippen molar-refractivity contribution in [3.05, 3.63) is 48.5 Å². The van der Waals surface area contributed by atoms with E-state index in [2.05, 4.69) is 10.6 Å². The van der Waals surface area contributed by atoms with Crippen LogP contribution >= 0.6 is 11.8 Å². The van der Waals surface area contributed by atoms with Crippen LogP contribution in [0.1, 0.15) is 13.8 Å². The summed E-state index contributed by atoms with van der Waals surface area (Å²) < 4.78 is 5.51. The molecule has 144 valence electrons. The molecule has 27 heavy (non-hydrogen) atoms. The Kier molecular flexibility index (Phi) is 7.55. The van der Waals surface area contributed by atoms with E-state index >= 15 is 0 Å². The van der Waals surface area contributed by atoms with Crippen molar-refractivity contribution in [2.45, 2.75) is 24.8 Å². The van der Waals surface area contributed by atoms with E-state index in [-0.39, 0.29) is 24.6 Å². The fraction of sp³-hybridized carbons (Fsp3) is 0.300. The molecular formula is C20H25N3O3S. The molecule has 0 aliphatic carbocycles. The summed E-state index contributed by atoms with van der Waals surface area (Å²) in [5.41, 5.74) is 1.47. The van der Waals surface area contributed by atoms with Crippen LogP contribution in [0.4, 0.5) is 16.2 Å². The molecule has 0 aliphatic heterocycles. The summed E-state index contributed by atoms with van der Waals surface area (Å²) in [4.78, 5) is 26.7. The monoisotopic (exact) mass is 387 g/mol. The van der Waals surface area contributed by atoms with Crippen molar-refractivity contribution < 1.29 is 14.3 Å². The van der Waals surface area contributed by atoms with Crippen molar-refractivity contribution in [1.82, 2.24) is 5.32 Å². The number of nitrogens with zero attached hydrogens (tertiary/aromatic N) is 1. The number of hydrogen-bond acceptors (Lipinski definition) is 4. The van der Waals surface area contributed by atoms with Crippen LogP contribution in [0.3, 0.4) is 0 Å². The summed E-state index contributed by atoms with van der Waals surface area (Å²) in [5.74, 6) is 0.328. The highest BCUT2D eigenvalue weighted by Gasteiger charge is 2.11. The van der Waals surface area contributed by atoms with Crippen LogP contribution in [0.25, 0.3) is 0 Å². The van der Waals surface area contributed by atoms with E-state index in [4.69, 9.17) is 4.74 Å². The van der Waals surface area contributed by atoms with E-state index in [1.807, 2.05) is 44.4 Å². The first-order valence-corrected chi connectivity index (χ1v) is 9.82. The fourth-order valence-corrected chi connectivity index (χ4v) is 2.66. The first-order valence-electron chi connectivity index (χ1n) is 8.60. The highest BCUT2D eigenvalue weighted by molar-refractivity contribution is 7.98. The van der Waals surface area contributed by atoms with Gasteiger partial charge in [-0.2, -0.15) is 0 Å². The number of amides is 3. The lowest BCUT2D eigenvalue weighted by molar-refractivity contribution is -0.118. The first kappa shape index (κ1) is 20.6. The van der Waals surface area contributed by atoms with Crippen LogP contribution < -0.4 is 20.3 Å². The predicted octanol–water partition coefficient (Wildman–Crippen LogP) is 3.98. The third-order valence-electron chi connectivity index (χ3n) is 3.68. The Morgan fingerprint density at radius 3 is 2.26 bits per heavy atom. The Morgan fingerprint density at radius 1 is 1.07 bits per heavy atom. The minimum Gasteiger partial charge on any atom is -0.484 e. The highest BCUT2D eigenvalue weighted by Crippen LogP contribution is 2.19. The Bertz CT molecular complexity index is 761. The maximum absolute atomic E-state index is 12.0. The minimum absolute atomic E-state index is 0.0676. The average Bonchev–Trinajstić information content (AvgIpc) is 2.66. The van der Waals surface area contributed by atoms with E-state index in [1.165, 1.54) is 4.90 Å². The van der Waals surface area contributed by atoms with Crippen molar-refractivity contribution in [2.24, 2.45) is 0 Å². The third-order valence-corrected chi connectivity index (χ3v) is 4.43. The molecule has 2 aromatic carbocycles. The molecule has 6 nitrogen and oxygen atoms in total. The maximum atomic E-state index is 12.0. The SMILES string of the molecule is CSc1ccc(NC(=O)COc2ccc(N(C)C(=O)NC(C)C)cc2)cc1. The molecule has 0 aliphatic rings. The fourth-order valence-electron chi connectivity index (χ4n) is 2.25. The molecule has 0 heterocycles. The van der Waals surface area contributed by atoms with E-state index < -0.39 is 0 Å². The van der Waals surface area contributed by atoms with Gasteiger partial charge in [-0.15, -0.1) is 11.8 Å². The standard InChI is InChI=1S/C20H25N3O3S/c1-14(2)21-20(25)23(3)16-7-9-17(10-8-16)26-13-19(24)22-15-5-11-18(27-4)12-6-15/h5-12,14H,13H2,1-4H3,(H,21,25)(H,22,24). The summed E-state index contributed by atoms with van der Waals surface area (Å²) in [6, 6.07) is 14.5. The maximum Gasteiger partial charge on any atom is 0.321 e. The molecule has 0 unspecified atom stereocenters. The minimum atomic E-state index is -0.232. The van der Waals surface area contributed by atoms with E-state index in [0.29, 0.717) is 5.75 Å². The molecule has 0 bridgehead atoms. The molecule has 0 saturated carbocycles. The van der Waals surface area contributed by atoms with Gasteiger partial charge < -0.3 is 15.4 Å². The number of carbonyl (C=O) groups is 2. The molecular weight excluding hydrogens is 362 g/mol. The highest BCUT2D eigenvalue weighted by atomic mass is 32.2. The lowest BCUT2D eigenvalue weighted by Gasteiger charge is -2.20. The van der Waals surface area contributed by atoms with Crippen LogP contribution in [0.15, 0.2) is 53.4 Å². The van der Waals surface area contributed by atoms with Crippen molar-refractivity contribution in [3.8, 4) is 5.75 Å². The summed E-state index contributed by atoms with van der Waals surface area (Å²) in [5, 5.41) is 5.62. The largest absolute Gasteiger partial charge is 0.484 e. The zero-order valence-corrected chi connectivity index (χ0v) is 16.8. The van der Waals surface area contributed by atoms with Crippen molar-refractivity contribution in [3.63, 3.8) is 0 Å². The van der Waals surface area contributed by atoms with Gasteiger partial charge in [-0.05, 0) is 68.6 Å². The van der Waals surface area contributed by atoms with Gasteiger partial charge in [-0.25, -0.2) is 4.79 Å². The number of anilines is 2.